The number of nitrogens with zero attached hydrogens (tertiary/aromatic N) is 2. The maximum Gasteiger partial charge on any atom is 0.469 e. The Morgan fingerprint density at radius 3 is 2.64 bits per heavy atom. The average molecular weight is 644 g/mol. The van der Waals surface area contributed by atoms with E-state index < -0.39 is 30.2 Å². The first-order valence-corrected chi connectivity index (χ1v) is 16.7. The summed E-state index contributed by atoms with van der Waals surface area (Å²) in [5.41, 5.74) is 1.80. The molecule has 15 heteroatoms. The van der Waals surface area contributed by atoms with Gasteiger partial charge in [-0.25, -0.2) is 18.0 Å². The monoisotopic (exact) mass is 643 g/mol. The Bertz CT molecular complexity index is 1780. The molecule has 0 unspecified atom stereocenters. The first kappa shape index (κ1) is 30.8. The molecule has 2 heterocycles. The molecule has 0 radical (unpaired) electrons. The quantitative estimate of drug-likeness (QED) is 0.155. The maximum atomic E-state index is 15.1. The van der Waals surface area contributed by atoms with Crippen LogP contribution in [0.25, 0.3) is 33.1 Å². The Kier molecular flexibility index (Phi) is 8.66. The third-order valence-corrected chi connectivity index (χ3v) is 10.0. The second kappa shape index (κ2) is 11.8. The number of hydrogen-bond donors (Lipinski definition) is 3. The summed E-state index contributed by atoms with van der Waals surface area (Å²) in [6.07, 6.45) is -1.63. The van der Waals surface area contributed by atoms with Gasteiger partial charge in [0.1, 0.15) is 5.65 Å². The summed E-state index contributed by atoms with van der Waals surface area (Å²) in [5.74, 6) is -0.137. The fraction of sp³-hybridized carbons (Fsp3) is 0.370. The highest BCUT2D eigenvalue weighted by Gasteiger charge is 2.37. The second-order valence-corrected chi connectivity index (χ2v) is 14.0. The number of hydrogen-bond acceptors (Lipinski definition) is 7. The van der Waals surface area contributed by atoms with E-state index in [1.54, 1.807) is 48.2 Å². The van der Waals surface area contributed by atoms with E-state index in [4.69, 9.17) is 26.1 Å². The molecule has 4 aromatic rings. The number of ether oxygens (including phenoxy) is 1. The van der Waals surface area contributed by atoms with Crippen LogP contribution in [0, 0.1) is 0 Å². The molecular formula is C27H29ClF2N3O7PS. The van der Waals surface area contributed by atoms with Gasteiger partial charge in [-0.2, -0.15) is 8.78 Å². The lowest BCUT2D eigenvalue weighted by Crippen LogP contribution is -2.34. The molecule has 2 aromatic carbocycles. The number of nitrogens with one attached hydrogen (secondary N) is 1. The fourth-order valence-corrected chi connectivity index (χ4v) is 6.97. The van der Waals surface area contributed by atoms with Gasteiger partial charge < -0.3 is 24.4 Å². The van der Waals surface area contributed by atoms with E-state index in [2.05, 4.69) is 14.5 Å². The molecule has 10 nitrogen and oxygen atoms in total. The summed E-state index contributed by atoms with van der Waals surface area (Å²) < 4.78 is 76.6. The molecule has 0 amide bonds. The maximum absolute atomic E-state index is 15.1. The first-order chi connectivity index (χ1) is 19.8. The third kappa shape index (κ3) is 6.94. The highest BCUT2D eigenvalue weighted by atomic mass is 35.5. The van der Waals surface area contributed by atoms with Crippen LogP contribution in [-0.4, -0.2) is 70.7 Å². The summed E-state index contributed by atoms with van der Waals surface area (Å²) in [5, 5.41) is 1.00. The smallest absolute Gasteiger partial charge is 0.430 e. The van der Waals surface area contributed by atoms with Crippen molar-refractivity contribution in [3.8, 4) is 16.9 Å². The van der Waals surface area contributed by atoms with Crippen LogP contribution >= 0.6 is 19.4 Å². The summed E-state index contributed by atoms with van der Waals surface area (Å²) in [7, 11) is -8.12. The van der Waals surface area contributed by atoms with Crippen molar-refractivity contribution in [2.45, 2.75) is 42.4 Å². The van der Waals surface area contributed by atoms with E-state index in [0.29, 0.717) is 52.0 Å². The van der Waals surface area contributed by atoms with Crippen LogP contribution in [-0.2, 0) is 18.9 Å². The first-order valence-electron chi connectivity index (χ1n) is 13.2. The minimum Gasteiger partial charge on any atom is -0.430 e. The zero-order chi connectivity index (χ0) is 30.3. The number of halogens is 3. The van der Waals surface area contributed by atoms with Crippen molar-refractivity contribution in [1.82, 2.24) is 14.9 Å². The highest BCUT2D eigenvalue weighted by Crippen LogP contribution is 2.42. The Hall–Kier alpha value is -2.64. The molecule has 0 aliphatic heterocycles. The molecule has 0 spiro atoms. The number of pyridine rings is 1. The van der Waals surface area contributed by atoms with Crippen molar-refractivity contribution >= 4 is 51.2 Å². The lowest BCUT2D eigenvalue weighted by atomic mass is 9.99. The van der Waals surface area contributed by atoms with Gasteiger partial charge in [-0.05, 0) is 60.8 Å². The van der Waals surface area contributed by atoms with E-state index in [1.807, 2.05) is 0 Å². The largest absolute Gasteiger partial charge is 0.469 e. The molecule has 0 bridgehead atoms. The van der Waals surface area contributed by atoms with Gasteiger partial charge in [0, 0.05) is 30.1 Å². The van der Waals surface area contributed by atoms with Crippen LogP contribution in [0.1, 0.15) is 26.2 Å². The Labute approximate surface area is 245 Å². The molecule has 0 atom stereocenters. The molecule has 5 rings (SSSR count). The number of phosphoric ester groups is 1. The Balaban J connectivity index is 1.47. The lowest BCUT2D eigenvalue weighted by Gasteiger charge is -2.24. The molecular weight excluding hydrogens is 615 g/mol. The third-order valence-electron chi connectivity index (χ3n) is 7.06. The van der Waals surface area contributed by atoms with Crippen molar-refractivity contribution in [1.29, 1.82) is 0 Å². The predicted molar refractivity (Wildman–Crippen MR) is 155 cm³/mol. The van der Waals surface area contributed by atoms with Crippen LogP contribution < -0.4 is 4.74 Å². The van der Waals surface area contributed by atoms with E-state index in [-0.39, 0.29) is 41.1 Å². The van der Waals surface area contributed by atoms with Gasteiger partial charge in [0.25, 0.3) is 0 Å². The average Bonchev–Trinajstić information content (AvgIpc) is 3.72. The summed E-state index contributed by atoms with van der Waals surface area (Å²) in [6, 6.07) is 11.2. The topological polar surface area (TPSA) is 142 Å². The molecule has 3 N–H and O–H groups in total. The zero-order valence-electron chi connectivity index (χ0n) is 22.5. The van der Waals surface area contributed by atoms with E-state index in [0.717, 1.165) is 0 Å². The van der Waals surface area contributed by atoms with Gasteiger partial charge in [0.15, 0.2) is 15.6 Å². The number of phosphoric acid groups is 1. The fourth-order valence-electron chi connectivity index (χ4n) is 4.79. The zero-order valence-corrected chi connectivity index (χ0v) is 24.9. The number of H-pyrrole nitrogens is 1. The molecule has 226 valence electrons. The molecule has 1 aliphatic carbocycles. The molecule has 0 saturated heterocycles. The molecule has 1 fully saturated rings. The molecule has 42 heavy (non-hydrogen) atoms. The summed E-state index contributed by atoms with van der Waals surface area (Å²) in [6.45, 7) is 1.68. The van der Waals surface area contributed by atoms with Crippen molar-refractivity contribution in [3.63, 3.8) is 0 Å². The predicted octanol–water partition coefficient (Wildman–Crippen LogP) is 5.77. The van der Waals surface area contributed by atoms with E-state index in [1.165, 1.54) is 12.3 Å². The number of sulfone groups is 1. The number of aromatic amines is 1. The van der Waals surface area contributed by atoms with Crippen LogP contribution in [0.3, 0.4) is 0 Å². The number of alkyl halides is 2. The van der Waals surface area contributed by atoms with Crippen LogP contribution in [0.5, 0.6) is 5.75 Å². The van der Waals surface area contributed by atoms with Crippen molar-refractivity contribution in [3.05, 3.63) is 53.7 Å². The van der Waals surface area contributed by atoms with Crippen molar-refractivity contribution in [2.75, 3.05) is 26.2 Å². The Morgan fingerprint density at radius 2 is 1.95 bits per heavy atom. The van der Waals surface area contributed by atoms with Crippen LogP contribution in [0.4, 0.5) is 8.78 Å². The normalized spacial score (nSPS) is 14.7. The van der Waals surface area contributed by atoms with Gasteiger partial charge in [-0.15, -0.1) is 0 Å². The van der Waals surface area contributed by atoms with Gasteiger partial charge in [0.05, 0.1) is 33.7 Å². The number of rotatable bonds is 13. The standard InChI is InChI=1S/C27H29ClF2N3O7PS/c1-2-33(12-13-39-41(34,35)36)11-10-27(29,30)40-23-9-8-21(24-22-15-18(28)16-31-26(22)32-25(23)24)17-4-3-5-20(14-17)42(37,38)19-6-7-19/h3-5,8-9,14-16,19H,2,6-7,10-13H2,1H3,(H,31,32)(H2,34,35,36). The molecule has 2 aromatic heterocycles. The van der Waals surface area contributed by atoms with Gasteiger partial charge in [-0.3, -0.25) is 4.52 Å². The van der Waals surface area contributed by atoms with Gasteiger partial charge in [-0.1, -0.05) is 30.7 Å². The minimum absolute atomic E-state index is 0.0423. The SMILES string of the molecule is CCN(CCOP(=O)(O)O)CCC(F)(F)Oc1ccc(-c2cccc(S(=O)(=O)C3CC3)c2)c2c1[nH]c1ncc(Cl)cc12. The molecule has 1 aliphatic rings. The van der Waals surface area contributed by atoms with Crippen molar-refractivity contribution < 1.29 is 40.8 Å². The number of likely N-dealkylation sites (N-methyl/N-ethyl adjacent to an activating group) is 1. The van der Waals surface area contributed by atoms with Gasteiger partial charge >= 0.3 is 13.9 Å². The highest BCUT2D eigenvalue weighted by molar-refractivity contribution is 7.92. The second-order valence-electron chi connectivity index (χ2n) is 10.1. The van der Waals surface area contributed by atoms with Crippen LogP contribution in [0.15, 0.2) is 53.6 Å². The van der Waals surface area contributed by atoms with E-state index in [9.17, 15) is 13.0 Å². The number of benzene rings is 2. The Morgan fingerprint density at radius 1 is 1.19 bits per heavy atom. The van der Waals surface area contributed by atoms with Crippen molar-refractivity contribution in [2.24, 2.45) is 0 Å². The number of aromatic nitrogens is 2. The molecule has 1 saturated carbocycles. The summed E-state index contributed by atoms with van der Waals surface area (Å²) >= 11 is 6.23. The van der Waals surface area contributed by atoms with Gasteiger partial charge in [0.2, 0.25) is 0 Å². The lowest BCUT2D eigenvalue weighted by molar-refractivity contribution is -0.182. The summed E-state index contributed by atoms with van der Waals surface area (Å²) in [4.78, 5) is 26.8. The minimum atomic E-state index is -4.65. The van der Waals surface area contributed by atoms with E-state index >= 15 is 8.78 Å². The number of fused-ring (bicyclic) bond motifs is 3. The van der Waals surface area contributed by atoms with Crippen LogP contribution in [0.2, 0.25) is 5.02 Å².